The van der Waals surface area contributed by atoms with Crippen LogP contribution in [0.15, 0.2) is 60.7 Å². The minimum Gasteiger partial charge on any atom is -0.493 e. The quantitative estimate of drug-likeness (QED) is 0.371. The number of piperidine rings is 3. The summed E-state index contributed by atoms with van der Waals surface area (Å²) in [5.41, 5.74) is 0.0826. The number of hydrogen-bond donors (Lipinski definition) is 1. The van der Waals surface area contributed by atoms with Gasteiger partial charge >= 0.3 is 0 Å². The molecule has 1 aliphatic carbocycles. The Morgan fingerprint density at radius 1 is 0.914 bits per heavy atom. The fourth-order valence-corrected chi connectivity index (χ4v) is 6.95. The van der Waals surface area contributed by atoms with Crippen molar-refractivity contribution >= 4 is 0 Å². The number of fused-ring (bicyclic) bond motifs is 3. The highest BCUT2D eigenvalue weighted by Gasteiger charge is 2.53. The van der Waals surface area contributed by atoms with Crippen molar-refractivity contribution in [3.8, 4) is 5.75 Å². The second-order valence-electron chi connectivity index (χ2n) is 11.0. The van der Waals surface area contributed by atoms with Crippen molar-refractivity contribution < 1.29 is 23.8 Å². The lowest BCUT2D eigenvalue weighted by Crippen LogP contribution is -2.70. The molecule has 6 rings (SSSR count). The fraction of sp³-hybridized carbons (Fsp3) is 0.600. The van der Waals surface area contributed by atoms with E-state index >= 15 is 0 Å². The smallest absolute Gasteiger partial charge is 0.119 e. The van der Waals surface area contributed by atoms with E-state index < -0.39 is 5.60 Å². The number of nitrogens with zero attached hydrogens (tertiary/aromatic N) is 1. The molecule has 190 valence electrons. The average Bonchev–Trinajstić information content (AvgIpc) is 3.47. The molecule has 2 aromatic carbocycles. The zero-order valence-electron chi connectivity index (χ0n) is 21.2. The summed E-state index contributed by atoms with van der Waals surface area (Å²) in [6, 6.07) is 20.3. The lowest BCUT2D eigenvalue weighted by molar-refractivity contribution is -0.950. The Balaban J connectivity index is 1.24. The second-order valence-corrected chi connectivity index (χ2v) is 11.0. The van der Waals surface area contributed by atoms with Crippen LogP contribution in [0.2, 0.25) is 0 Å². The topological polar surface area (TPSA) is 47.9 Å². The zero-order chi connectivity index (χ0) is 24.1. The van der Waals surface area contributed by atoms with Crippen LogP contribution in [0, 0.1) is 11.8 Å². The largest absolute Gasteiger partial charge is 0.493 e. The maximum atomic E-state index is 12.0. The van der Waals surface area contributed by atoms with Gasteiger partial charge in [0.2, 0.25) is 0 Å². The Bertz CT molecular complexity index is 918. The van der Waals surface area contributed by atoms with Crippen LogP contribution in [-0.2, 0) is 15.1 Å². The number of quaternary nitrogens is 1. The van der Waals surface area contributed by atoms with E-state index in [-0.39, 0.29) is 18.1 Å². The molecule has 1 N–H and O–H groups in total. The van der Waals surface area contributed by atoms with Gasteiger partial charge in [-0.05, 0) is 36.5 Å². The molecule has 5 nitrogen and oxygen atoms in total. The Morgan fingerprint density at radius 3 is 2.31 bits per heavy atom. The van der Waals surface area contributed by atoms with Crippen LogP contribution >= 0.6 is 0 Å². The van der Waals surface area contributed by atoms with Crippen molar-refractivity contribution in [2.45, 2.75) is 56.3 Å². The first-order valence-corrected chi connectivity index (χ1v) is 13.6. The molecule has 0 aromatic heterocycles. The summed E-state index contributed by atoms with van der Waals surface area (Å²) in [4.78, 5) is 0. The normalized spacial score (nSPS) is 30.3. The molecule has 3 aliphatic heterocycles. The van der Waals surface area contributed by atoms with E-state index in [0.29, 0.717) is 12.5 Å². The first-order chi connectivity index (χ1) is 17.1. The summed E-state index contributed by atoms with van der Waals surface area (Å²) in [6.07, 6.45) is 7.01. The van der Waals surface area contributed by atoms with Gasteiger partial charge < -0.3 is 23.8 Å². The molecule has 3 saturated heterocycles. The van der Waals surface area contributed by atoms with Crippen molar-refractivity contribution in [2.75, 3.05) is 46.5 Å². The zero-order valence-corrected chi connectivity index (χ0v) is 21.2. The van der Waals surface area contributed by atoms with Crippen LogP contribution < -0.4 is 4.74 Å². The van der Waals surface area contributed by atoms with Gasteiger partial charge in [-0.3, -0.25) is 0 Å². The summed E-state index contributed by atoms with van der Waals surface area (Å²) in [5.74, 6) is 1.61. The van der Waals surface area contributed by atoms with Crippen LogP contribution in [0.25, 0.3) is 0 Å². The summed E-state index contributed by atoms with van der Waals surface area (Å²) < 4.78 is 19.7. The van der Waals surface area contributed by atoms with Gasteiger partial charge in [0.25, 0.3) is 0 Å². The molecule has 5 atom stereocenters. The molecule has 35 heavy (non-hydrogen) atoms. The monoisotopic (exact) mass is 480 g/mol. The minimum atomic E-state index is -0.916. The third kappa shape index (κ3) is 5.43. The Kier molecular flexibility index (Phi) is 7.78. The van der Waals surface area contributed by atoms with Gasteiger partial charge in [-0.1, -0.05) is 61.4 Å². The Hall–Kier alpha value is -1.92. The molecule has 5 heteroatoms. The summed E-state index contributed by atoms with van der Waals surface area (Å²) in [5, 5.41) is 12.0. The number of methoxy groups -OCH3 is 1. The highest BCUT2D eigenvalue weighted by Crippen LogP contribution is 2.43. The summed E-state index contributed by atoms with van der Waals surface area (Å²) in [7, 11) is 1.84. The third-order valence-electron chi connectivity index (χ3n) is 8.94. The third-order valence-corrected chi connectivity index (χ3v) is 8.94. The van der Waals surface area contributed by atoms with Crippen molar-refractivity contribution in [3.63, 3.8) is 0 Å². The van der Waals surface area contributed by atoms with Gasteiger partial charge in [0.1, 0.15) is 36.6 Å². The van der Waals surface area contributed by atoms with Gasteiger partial charge in [-0.15, -0.1) is 0 Å². The maximum Gasteiger partial charge on any atom is 0.119 e. The molecular formula is C30H42NO4+. The van der Waals surface area contributed by atoms with E-state index in [0.717, 1.165) is 67.7 Å². The van der Waals surface area contributed by atoms with Crippen molar-refractivity contribution in [2.24, 2.45) is 11.8 Å². The molecule has 1 saturated carbocycles. The second kappa shape index (κ2) is 11.0. The molecule has 2 bridgehead atoms. The summed E-state index contributed by atoms with van der Waals surface area (Å²) in [6.45, 7) is 5.41. The van der Waals surface area contributed by atoms with E-state index in [1.807, 2.05) is 55.6 Å². The molecule has 2 aromatic rings. The van der Waals surface area contributed by atoms with Gasteiger partial charge in [0, 0.05) is 25.9 Å². The van der Waals surface area contributed by atoms with Gasteiger partial charge in [0.05, 0.1) is 26.3 Å². The van der Waals surface area contributed by atoms with Crippen LogP contribution in [0.1, 0.15) is 44.1 Å². The van der Waals surface area contributed by atoms with Crippen LogP contribution in [0.3, 0.4) is 0 Å². The number of hydrogen-bond acceptors (Lipinski definition) is 4. The fourth-order valence-electron chi connectivity index (χ4n) is 6.95. The van der Waals surface area contributed by atoms with Crippen molar-refractivity contribution in [1.82, 2.24) is 0 Å². The predicted octanol–water partition coefficient (Wildman–Crippen LogP) is 4.78. The van der Waals surface area contributed by atoms with E-state index in [9.17, 15) is 5.11 Å². The van der Waals surface area contributed by atoms with E-state index in [1.165, 1.54) is 19.4 Å². The molecule has 3 heterocycles. The first-order valence-electron chi connectivity index (χ1n) is 13.6. The SMILES string of the molecule is COC1C[N+]2(CCCOc3ccccc3)CCC1C(OCC(O)(c1ccccc1)C1CCCC1)C2. The molecule has 4 fully saturated rings. The maximum absolute atomic E-state index is 12.0. The Morgan fingerprint density at radius 2 is 1.60 bits per heavy atom. The molecule has 0 amide bonds. The highest BCUT2D eigenvalue weighted by molar-refractivity contribution is 5.24. The van der Waals surface area contributed by atoms with Gasteiger partial charge in [0.15, 0.2) is 0 Å². The van der Waals surface area contributed by atoms with Crippen molar-refractivity contribution in [3.05, 3.63) is 66.2 Å². The predicted molar refractivity (Wildman–Crippen MR) is 137 cm³/mol. The number of ether oxygens (including phenoxy) is 3. The number of aliphatic hydroxyl groups is 1. The molecule has 0 radical (unpaired) electrons. The number of benzene rings is 2. The van der Waals surface area contributed by atoms with Gasteiger partial charge in [-0.25, -0.2) is 0 Å². The van der Waals surface area contributed by atoms with Crippen LogP contribution in [0.4, 0.5) is 0 Å². The van der Waals surface area contributed by atoms with E-state index in [2.05, 4.69) is 12.1 Å². The van der Waals surface area contributed by atoms with Crippen LogP contribution in [-0.4, -0.2) is 68.3 Å². The van der Waals surface area contributed by atoms with Crippen molar-refractivity contribution in [1.29, 1.82) is 0 Å². The molecule has 4 aliphatic rings. The first kappa shape index (κ1) is 24.8. The lowest BCUT2D eigenvalue weighted by atomic mass is 9.79. The minimum absolute atomic E-state index is 0.120. The van der Waals surface area contributed by atoms with E-state index in [1.54, 1.807) is 0 Å². The van der Waals surface area contributed by atoms with Crippen LogP contribution in [0.5, 0.6) is 5.75 Å². The molecular weight excluding hydrogens is 438 g/mol. The average molecular weight is 481 g/mol. The van der Waals surface area contributed by atoms with E-state index in [4.69, 9.17) is 14.2 Å². The number of rotatable bonds is 11. The standard InChI is InChI=1S/C30H42NO4/c1-33-28-21-31(18-10-20-34-26-15-6-3-7-16-26)19-17-27(28)29(22-31)35-23-30(32,25-13-8-9-14-25)24-11-4-2-5-12-24/h2-7,11-12,15-16,25,27-29,32H,8-10,13-14,17-23H2,1H3/q+1. The highest BCUT2D eigenvalue weighted by atomic mass is 16.5. The number of para-hydroxylation sites is 1. The Labute approximate surface area is 210 Å². The van der Waals surface area contributed by atoms with Gasteiger partial charge in [-0.2, -0.15) is 0 Å². The lowest BCUT2D eigenvalue weighted by Gasteiger charge is -2.55. The molecule has 5 unspecified atom stereocenters. The molecule has 0 spiro atoms. The summed E-state index contributed by atoms with van der Waals surface area (Å²) >= 11 is 0.